The standard InChI is InChI=1S/C24H26ClN7O2/c1-16-4-6-19(18(14-16)23(33)28-21-8-5-17(25)15-26-21)27-24(34)20-7-9-22(30-29-20)32-11-3-10-31(2)12-13-32/h4-9,14-15H,3,10-13H2,1-2H3,(H,27,34)(H,26,28,33). The number of amides is 2. The molecule has 3 heterocycles. The van der Waals surface area contributed by atoms with Gasteiger partial charge in [0.2, 0.25) is 0 Å². The average Bonchev–Trinajstić information content (AvgIpc) is 3.06. The summed E-state index contributed by atoms with van der Waals surface area (Å²) in [4.78, 5) is 34.3. The molecule has 10 heteroatoms. The van der Waals surface area contributed by atoms with Crippen LogP contribution in [0.1, 0.15) is 32.8 Å². The van der Waals surface area contributed by atoms with E-state index in [-0.39, 0.29) is 5.69 Å². The van der Waals surface area contributed by atoms with Crippen molar-refractivity contribution in [1.82, 2.24) is 20.1 Å². The van der Waals surface area contributed by atoms with Crippen LogP contribution in [0.25, 0.3) is 0 Å². The molecule has 0 unspecified atom stereocenters. The molecule has 1 aliphatic heterocycles. The molecular formula is C24H26ClN7O2. The van der Waals surface area contributed by atoms with Crippen LogP contribution >= 0.6 is 11.6 Å². The van der Waals surface area contributed by atoms with Crippen LogP contribution in [0.2, 0.25) is 5.02 Å². The van der Waals surface area contributed by atoms with Crippen molar-refractivity contribution in [3.63, 3.8) is 0 Å². The van der Waals surface area contributed by atoms with Crippen molar-refractivity contribution in [2.75, 3.05) is 48.8 Å². The van der Waals surface area contributed by atoms with Crippen molar-refractivity contribution in [2.24, 2.45) is 0 Å². The Morgan fingerprint density at radius 1 is 0.941 bits per heavy atom. The lowest BCUT2D eigenvalue weighted by molar-refractivity contribution is 0.102. The van der Waals surface area contributed by atoms with Crippen LogP contribution in [0.5, 0.6) is 0 Å². The summed E-state index contributed by atoms with van der Waals surface area (Å²) in [5, 5.41) is 14.4. The molecule has 0 radical (unpaired) electrons. The van der Waals surface area contributed by atoms with Gasteiger partial charge in [-0.3, -0.25) is 9.59 Å². The maximum atomic E-state index is 12.9. The van der Waals surface area contributed by atoms with Crippen LogP contribution in [-0.4, -0.2) is 65.1 Å². The molecule has 2 aromatic heterocycles. The largest absolute Gasteiger partial charge is 0.354 e. The van der Waals surface area contributed by atoms with Gasteiger partial charge in [0.25, 0.3) is 11.8 Å². The van der Waals surface area contributed by atoms with Gasteiger partial charge in [0, 0.05) is 25.8 Å². The second-order valence-electron chi connectivity index (χ2n) is 8.24. The molecule has 1 aromatic carbocycles. The predicted molar refractivity (Wildman–Crippen MR) is 133 cm³/mol. The highest BCUT2D eigenvalue weighted by Crippen LogP contribution is 2.21. The minimum Gasteiger partial charge on any atom is -0.354 e. The minimum atomic E-state index is -0.447. The number of nitrogens with zero attached hydrogens (tertiary/aromatic N) is 5. The first-order valence-electron chi connectivity index (χ1n) is 11.0. The van der Waals surface area contributed by atoms with E-state index in [1.54, 1.807) is 30.3 Å². The van der Waals surface area contributed by atoms with Crippen LogP contribution in [-0.2, 0) is 0 Å². The van der Waals surface area contributed by atoms with E-state index in [1.807, 2.05) is 19.1 Å². The summed E-state index contributed by atoms with van der Waals surface area (Å²) in [6, 6.07) is 11.9. The quantitative estimate of drug-likeness (QED) is 0.577. The molecule has 176 valence electrons. The first kappa shape index (κ1) is 23.6. The SMILES string of the molecule is Cc1ccc(NC(=O)c2ccc(N3CCCN(C)CC3)nn2)c(C(=O)Nc2ccc(Cl)cn2)c1. The Kier molecular flexibility index (Phi) is 7.34. The van der Waals surface area contributed by atoms with Gasteiger partial charge in [0.1, 0.15) is 5.82 Å². The molecule has 1 fully saturated rings. The first-order chi connectivity index (χ1) is 16.4. The van der Waals surface area contributed by atoms with Crippen LogP contribution in [0.4, 0.5) is 17.3 Å². The zero-order valence-corrected chi connectivity index (χ0v) is 19.8. The summed E-state index contributed by atoms with van der Waals surface area (Å²) in [7, 11) is 2.11. The second kappa shape index (κ2) is 10.6. The van der Waals surface area contributed by atoms with E-state index in [4.69, 9.17) is 11.6 Å². The van der Waals surface area contributed by atoms with Gasteiger partial charge in [0.15, 0.2) is 11.5 Å². The Hall–Kier alpha value is -3.56. The third-order valence-electron chi connectivity index (χ3n) is 5.56. The third kappa shape index (κ3) is 5.86. The lowest BCUT2D eigenvalue weighted by Crippen LogP contribution is -2.29. The minimum absolute atomic E-state index is 0.169. The van der Waals surface area contributed by atoms with Gasteiger partial charge in [-0.2, -0.15) is 0 Å². The number of rotatable bonds is 5. The highest BCUT2D eigenvalue weighted by Gasteiger charge is 2.18. The van der Waals surface area contributed by atoms with Crippen molar-refractivity contribution in [3.8, 4) is 0 Å². The lowest BCUT2D eigenvalue weighted by atomic mass is 10.1. The summed E-state index contributed by atoms with van der Waals surface area (Å²) in [6.45, 7) is 5.63. The van der Waals surface area contributed by atoms with E-state index in [1.165, 1.54) is 6.20 Å². The van der Waals surface area contributed by atoms with Gasteiger partial charge >= 0.3 is 0 Å². The molecular weight excluding hydrogens is 454 g/mol. The molecule has 2 N–H and O–H groups in total. The van der Waals surface area contributed by atoms with Crippen molar-refractivity contribution in [2.45, 2.75) is 13.3 Å². The van der Waals surface area contributed by atoms with E-state index in [0.717, 1.165) is 44.0 Å². The summed E-state index contributed by atoms with van der Waals surface area (Å²) in [5.41, 5.74) is 1.72. The number of pyridine rings is 1. The lowest BCUT2D eigenvalue weighted by Gasteiger charge is -2.20. The smallest absolute Gasteiger partial charge is 0.276 e. The average molecular weight is 480 g/mol. The third-order valence-corrected chi connectivity index (χ3v) is 5.79. The fourth-order valence-corrected chi connectivity index (χ4v) is 3.78. The number of hydrogen-bond acceptors (Lipinski definition) is 7. The number of benzene rings is 1. The number of carbonyl (C=O) groups excluding carboxylic acids is 2. The number of aryl methyl sites for hydroxylation is 1. The zero-order valence-electron chi connectivity index (χ0n) is 19.1. The molecule has 0 bridgehead atoms. The first-order valence-corrected chi connectivity index (χ1v) is 11.4. The number of nitrogens with one attached hydrogen (secondary N) is 2. The van der Waals surface area contributed by atoms with Crippen LogP contribution in [0, 0.1) is 6.92 Å². The fraction of sp³-hybridized carbons (Fsp3) is 0.292. The molecule has 0 atom stereocenters. The van der Waals surface area contributed by atoms with E-state index in [0.29, 0.717) is 22.1 Å². The molecule has 9 nitrogen and oxygen atoms in total. The van der Waals surface area contributed by atoms with Gasteiger partial charge < -0.3 is 20.4 Å². The summed E-state index contributed by atoms with van der Waals surface area (Å²) in [6.07, 6.45) is 2.49. The number of hydrogen-bond donors (Lipinski definition) is 2. The highest BCUT2D eigenvalue weighted by atomic mass is 35.5. The summed E-state index contributed by atoms with van der Waals surface area (Å²) < 4.78 is 0. The van der Waals surface area contributed by atoms with E-state index < -0.39 is 11.8 Å². The summed E-state index contributed by atoms with van der Waals surface area (Å²) in [5.74, 6) is 0.255. The fourth-order valence-electron chi connectivity index (χ4n) is 3.67. The van der Waals surface area contributed by atoms with Crippen molar-refractivity contribution in [3.05, 3.63) is 70.5 Å². The van der Waals surface area contributed by atoms with Gasteiger partial charge in [-0.1, -0.05) is 23.2 Å². The Morgan fingerprint density at radius 2 is 1.79 bits per heavy atom. The zero-order chi connectivity index (χ0) is 24.1. The van der Waals surface area contributed by atoms with Crippen LogP contribution in [0.15, 0.2) is 48.7 Å². The molecule has 4 rings (SSSR count). The topological polar surface area (TPSA) is 103 Å². The molecule has 2 amide bonds. The van der Waals surface area contributed by atoms with Gasteiger partial charge in [-0.25, -0.2) is 4.98 Å². The number of likely N-dealkylation sites (N-methyl/N-ethyl adjacent to an activating group) is 1. The Labute approximate surface area is 203 Å². The molecule has 34 heavy (non-hydrogen) atoms. The van der Waals surface area contributed by atoms with Gasteiger partial charge in [-0.15, -0.1) is 10.2 Å². The second-order valence-corrected chi connectivity index (χ2v) is 8.68. The Balaban J connectivity index is 1.47. The van der Waals surface area contributed by atoms with Crippen molar-refractivity contribution < 1.29 is 9.59 Å². The Morgan fingerprint density at radius 3 is 2.53 bits per heavy atom. The molecule has 0 spiro atoms. The van der Waals surface area contributed by atoms with Crippen LogP contribution in [0.3, 0.4) is 0 Å². The van der Waals surface area contributed by atoms with Crippen molar-refractivity contribution in [1.29, 1.82) is 0 Å². The molecule has 1 aliphatic rings. The highest BCUT2D eigenvalue weighted by molar-refractivity contribution is 6.30. The molecule has 0 aliphatic carbocycles. The van der Waals surface area contributed by atoms with E-state index in [9.17, 15) is 9.59 Å². The number of carbonyl (C=O) groups is 2. The molecule has 1 saturated heterocycles. The van der Waals surface area contributed by atoms with E-state index >= 15 is 0 Å². The van der Waals surface area contributed by atoms with Crippen molar-refractivity contribution >= 4 is 40.7 Å². The van der Waals surface area contributed by atoms with Gasteiger partial charge in [-0.05, 0) is 63.3 Å². The van der Waals surface area contributed by atoms with Gasteiger partial charge in [0.05, 0.1) is 16.3 Å². The van der Waals surface area contributed by atoms with E-state index in [2.05, 4.69) is 42.7 Å². The Bertz CT molecular complexity index is 1170. The normalized spacial score (nSPS) is 14.4. The molecule has 3 aromatic rings. The summed E-state index contributed by atoms with van der Waals surface area (Å²) >= 11 is 5.86. The maximum absolute atomic E-state index is 12.9. The maximum Gasteiger partial charge on any atom is 0.276 e. The molecule has 0 saturated carbocycles. The number of aromatic nitrogens is 3. The number of anilines is 3. The monoisotopic (exact) mass is 479 g/mol. The van der Waals surface area contributed by atoms with Crippen LogP contribution < -0.4 is 15.5 Å². The predicted octanol–water partition coefficient (Wildman–Crippen LogP) is 3.48. The number of halogens is 1.